The fourth-order valence-electron chi connectivity index (χ4n) is 3.18. The van der Waals surface area contributed by atoms with Crippen molar-refractivity contribution in [2.24, 2.45) is 0 Å². The Kier molecular flexibility index (Phi) is 3.64. The average Bonchev–Trinajstić information content (AvgIpc) is 2.49. The number of phenols is 2. The zero-order chi connectivity index (χ0) is 13.9. The molecule has 1 saturated carbocycles. The highest BCUT2D eigenvalue weighted by molar-refractivity contribution is 5.71. The molecule has 0 atom stereocenters. The van der Waals surface area contributed by atoms with Gasteiger partial charge in [0.1, 0.15) is 11.5 Å². The highest BCUT2D eigenvalue weighted by atomic mass is 16.3. The Hall–Kier alpha value is -1.96. The second kappa shape index (κ2) is 5.58. The molecule has 1 aliphatic rings. The first-order valence-corrected chi connectivity index (χ1v) is 7.37. The summed E-state index contributed by atoms with van der Waals surface area (Å²) in [5.41, 5.74) is 2.83. The second-order valence-corrected chi connectivity index (χ2v) is 5.63. The molecule has 1 fully saturated rings. The first kappa shape index (κ1) is 13.0. The molecule has 0 spiro atoms. The van der Waals surface area contributed by atoms with Crippen molar-refractivity contribution >= 4 is 0 Å². The van der Waals surface area contributed by atoms with Crippen LogP contribution in [-0.4, -0.2) is 10.2 Å². The van der Waals surface area contributed by atoms with E-state index < -0.39 is 0 Å². The van der Waals surface area contributed by atoms with E-state index in [1.54, 1.807) is 12.1 Å². The molecule has 0 amide bonds. The summed E-state index contributed by atoms with van der Waals surface area (Å²) in [6.07, 6.45) is 6.09. The third-order valence-electron chi connectivity index (χ3n) is 4.29. The van der Waals surface area contributed by atoms with Gasteiger partial charge in [0, 0.05) is 5.56 Å². The van der Waals surface area contributed by atoms with Crippen LogP contribution in [0.5, 0.6) is 11.5 Å². The van der Waals surface area contributed by atoms with Crippen LogP contribution < -0.4 is 0 Å². The summed E-state index contributed by atoms with van der Waals surface area (Å²) in [5, 5.41) is 20.1. The van der Waals surface area contributed by atoms with Gasteiger partial charge in [0.2, 0.25) is 0 Å². The van der Waals surface area contributed by atoms with Gasteiger partial charge in [-0.2, -0.15) is 0 Å². The Morgan fingerprint density at radius 1 is 0.800 bits per heavy atom. The number of benzene rings is 2. The largest absolute Gasteiger partial charge is 0.508 e. The minimum absolute atomic E-state index is 0.285. The molecular weight excluding hydrogens is 248 g/mol. The third kappa shape index (κ3) is 2.51. The van der Waals surface area contributed by atoms with Gasteiger partial charge in [0.15, 0.2) is 0 Å². The number of hydrogen-bond donors (Lipinski definition) is 2. The van der Waals surface area contributed by atoms with Gasteiger partial charge < -0.3 is 10.2 Å². The van der Waals surface area contributed by atoms with Gasteiger partial charge in [-0.3, -0.25) is 0 Å². The first-order chi connectivity index (χ1) is 9.75. The molecule has 0 heterocycles. The maximum absolute atomic E-state index is 10.1. The summed E-state index contributed by atoms with van der Waals surface area (Å²) in [7, 11) is 0. The van der Waals surface area contributed by atoms with Crippen LogP contribution in [0.1, 0.15) is 43.6 Å². The van der Waals surface area contributed by atoms with E-state index in [2.05, 4.69) is 0 Å². The van der Waals surface area contributed by atoms with E-state index in [4.69, 9.17) is 0 Å². The fraction of sp³-hybridized carbons (Fsp3) is 0.333. The van der Waals surface area contributed by atoms with Crippen molar-refractivity contribution in [3.8, 4) is 22.6 Å². The molecule has 0 bridgehead atoms. The number of phenolic OH excluding ortho intramolecular Hbond substituents is 2. The fourth-order valence-corrected chi connectivity index (χ4v) is 3.18. The maximum Gasteiger partial charge on any atom is 0.123 e. The van der Waals surface area contributed by atoms with Crippen molar-refractivity contribution in [1.82, 2.24) is 0 Å². The van der Waals surface area contributed by atoms with Crippen molar-refractivity contribution in [1.29, 1.82) is 0 Å². The zero-order valence-corrected chi connectivity index (χ0v) is 11.5. The predicted molar refractivity (Wildman–Crippen MR) is 81.0 cm³/mol. The lowest BCUT2D eigenvalue weighted by Crippen LogP contribution is -2.04. The Morgan fingerprint density at radius 2 is 1.55 bits per heavy atom. The molecule has 1 aliphatic carbocycles. The number of hydrogen-bond acceptors (Lipinski definition) is 2. The molecule has 104 valence electrons. The molecular formula is C18H20O2. The monoisotopic (exact) mass is 268 g/mol. The quantitative estimate of drug-likeness (QED) is 0.820. The van der Waals surface area contributed by atoms with Crippen molar-refractivity contribution in [3.05, 3.63) is 48.0 Å². The Morgan fingerprint density at radius 3 is 2.30 bits per heavy atom. The highest BCUT2D eigenvalue weighted by Gasteiger charge is 2.19. The Bertz CT molecular complexity index is 598. The minimum atomic E-state index is 0.285. The zero-order valence-electron chi connectivity index (χ0n) is 11.5. The van der Waals surface area contributed by atoms with Gasteiger partial charge in [-0.05, 0) is 48.1 Å². The van der Waals surface area contributed by atoms with E-state index >= 15 is 0 Å². The summed E-state index contributed by atoms with van der Waals surface area (Å²) in [4.78, 5) is 0. The predicted octanol–water partition coefficient (Wildman–Crippen LogP) is 4.81. The van der Waals surface area contributed by atoms with Crippen molar-refractivity contribution in [3.63, 3.8) is 0 Å². The number of para-hydroxylation sites is 1. The van der Waals surface area contributed by atoms with Crippen LogP contribution in [0, 0.1) is 0 Å². The number of aromatic hydroxyl groups is 2. The van der Waals surface area contributed by atoms with E-state index in [-0.39, 0.29) is 5.75 Å². The van der Waals surface area contributed by atoms with E-state index in [0.29, 0.717) is 11.7 Å². The van der Waals surface area contributed by atoms with Crippen LogP contribution in [0.3, 0.4) is 0 Å². The van der Waals surface area contributed by atoms with Crippen molar-refractivity contribution in [2.75, 3.05) is 0 Å². The van der Waals surface area contributed by atoms with Gasteiger partial charge in [-0.1, -0.05) is 43.5 Å². The second-order valence-electron chi connectivity index (χ2n) is 5.63. The van der Waals surface area contributed by atoms with Crippen LogP contribution in [0.15, 0.2) is 42.5 Å². The van der Waals surface area contributed by atoms with Gasteiger partial charge in [-0.15, -0.1) is 0 Å². The summed E-state index contributed by atoms with van der Waals surface area (Å²) >= 11 is 0. The van der Waals surface area contributed by atoms with Gasteiger partial charge in [0.05, 0.1) is 0 Å². The van der Waals surface area contributed by atoms with E-state index in [9.17, 15) is 10.2 Å². The van der Waals surface area contributed by atoms with Crippen LogP contribution in [0.4, 0.5) is 0 Å². The van der Waals surface area contributed by atoms with Gasteiger partial charge in [-0.25, -0.2) is 0 Å². The molecule has 0 radical (unpaired) electrons. The minimum Gasteiger partial charge on any atom is -0.508 e. The van der Waals surface area contributed by atoms with Crippen LogP contribution in [0.2, 0.25) is 0 Å². The molecule has 0 aliphatic heterocycles. The molecule has 20 heavy (non-hydrogen) atoms. The van der Waals surface area contributed by atoms with Crippen molar-refractivity contribution in [2.45, 2.75) is 38.0 Å². The van der Waals surface area contributed by atoms with Crippen LogP contribution in [0.25, 0.3) is 11.1 Å². The standard InChI is InChI=1S/C18H20O2/c19-17-9-5-4-8-15(17)14-10-11-18(20)16(12-14)13-6-2-1-3-7-13/h4-5,8-13,19-20H,1-3,6-7H2. The lowest BCUT2D eigenvalue weighted by molar-refractivity contribution is 0.414. The molecule has 2 heteroatoms. The normalized spacial score (nSPS) is 16.2. The van der Waals surface area contributed by atoms with E-state index in [0.717, 1.165) is 29.5 Å². The summed E-state index contributed by atoms with van der Waals surface area (Å²) < 4.78 is 0. The Labute approximate surface area is 119 Å². The molecule has 2 nitrogen and oxygen atoms in total. The van der Waals surface area contributed by atoms with Crippen molar-refractivity contribution < 1.29 is 10.2 Å². The molecule has 0 saturated heterocycles. The SMILES string of the molecule is Oc1ccccc1-c1ccc(O)c(C2CCCCC2)c1. The Balaban J connectivity index is 2.00. The number of rotatable bonds is 2. The molecule has 2 N–H and O–H groups in total. The van der Waals surface area contributed by atoms with Gasteiger partial charge in [0.25, 0.3) is 0 Å². The highest BCUT2D eigenvalue weighted by Crippen LogP contribution is 2.40. The summed E-state index contributed by atoms with van der Waals surface area (Å²) in [6.45, 7) is 0. The molecule has 2 aromatic carbocycles. The lowest BCUT2D eigenvalue weighted by atomic mass is 9.82. The van der Waals surface area contributed by atoms with E-state index in [1.165, 1.54) is 19.3 Å². The van der Waals surface area contributed by atoms with Crippen LogP contribution in [-0.2, 0) is 0 Å². The first-order valence-electron chi connectivity index (χ1n) is 7.37. The van der Waals surface area contributed by atoms with Gasteiger partial charge >= 0.3 is 0 Å². The molecule has 3 rings (SSSR count). The molecule has 0 aromatic heterocycles. The smallest absolute Gasteiger partial charge is 0.123 e. The summed E-state index contributed by atoms with van der Waals surface area (Å²) in [6, 6.07) is 13.0. The van der Waals surface area contributed by atoms with E-state index in [1.807, 2.05) is 30.3 Å². The molecule has 0 unspecified atom stereocenters. The summed E-state index contributed by atoms with van der Waals surface area (Å²) in [5.74, 6) is 1.12. The topological polar surface area (TPSA) is 40.5 Å². The van der Waals surface area contributed by atoms with Crippen LogP contribution >= 0.6 is 0 Å². The lowest BCUT2D eigenvalue weighted by Gasteiger charge is -2.23. The maximum atomic E-state index is 10.1. The third-order valence-corrected chi connectivity index (χ3v) is 4.29. The molecule has 2 aromatic rings. The average molecular weight is 268 g/mol.